The summed E-state index contributed by atoms with van der Waals surface area (Å²) in [7, 11) is 0. The molecule has 2 heterocycles. The van der Waals surface area contributed by atoms with E-state index in [-0.39, 0.29) is 18.0 Å². The van der Waals surface area contributed by atoms with Gasteiger partial charge in [0.25, 0.3) is 5.91 Å². The first-order valence-electron chi connectivity index (χ1n) is 8.79. The SMILES string of the molecule is CSc1ccc(C2C(N3CCNC3=O)C(=O)N2c2ccc(SC)cc2)cc1. The van der Waals surface area contributed by atoms with E-state index in [2.05, 4.69) is 29.6 Å². The van der Waals surface area contributed by atoms with Crippen molar-refractivity contribution in [1.29, 1.82) is 0 Å². The molecule has 0 aliphatic carbocycles. The Hall–Kier alpha value is -2.12. The van der Waals surface area contributed by atoms with E-state index in [1.54, 1.807) is 28.4 Å². The number of thioether (sulfide) groups is 2. The zero-order valence-corrected chi connectivity index (χ0v) is 16.8. The average molecular weight is 400 g/mol. The number of rotatable bonds is 5. The Bertz CT molecular complexity index is 855. The van der Waals surface area contributed by atoms with Gasteiger partial charge in [0.1, 0.15) is 6.04 Å². The molecule has 2 aliphatic heterocycles. The normalized spacial score (nSPS) is 22.0. The standard InChI is InChI=1S/C20H21N3O2S2/c1-26-15-7-3-13(4-8-15)17-18(22-12-11-21-20(22)25)19(24)23(17)14-5-9-16(27-2)10-6-14/h3-10,17-18H,11-12H2,1-2H3,(H,21,25). The molecule has 2 saturated heterocycles. The third-order valence-corrected chi connectivity index (χ3v) is 6.59. The van der Waals surface area contributed by atoms with E-state index in [0.717, 1.165) is 16.1 Å². The highest BCUT2D eigenvalue weighted by Gasteiger charge is 2.53. The van der Waals surface area contributed by atoms with Crippen LogP contribution in [0.3, 0.4) is 0 Å². The molecular formula is C20H21N3O2S2. The quantitative estimate of drug-likeness (QED) is 0.616. The largest absolute Gasteiger partial charge is 0.336 e. The van der Waals surface area contributed by atoms with E-state index in [1.807, 2.05) is 41.7 Å². The van der Waals surface area contributed by atoms with Crippen LogP contribution in [0.4, 0.5) is 10.5 Å². The predicted molar refractivity (Wildman–Crippen MR) is 111 cm³/mol. The van der Waals surface area contributed by atoms with Crippen LogP contribution in [0.2, 0.25) is 0 Å². The highest BCUT2D eigenvalue weighted by Crippen LogP contribution is 2.42. The minimum Gasteiger partial charge on any atom is -0.336 e. The summed E-state index contributed by atoms with van der Waals surface area (Å²) in [5, 5.41) is 2.81. The molecule has 3 amide bonds. The second-order valence-electron chi connectivity index (χ2n) is 6.49. The van der Waals surface area contributed by atoms with Crippen molar-refractivity contribution in [2.24, 2.45) is 0 Å². The fourth-order valence-corrected chi connectivity index (χ4v) is 4.51. The van der Waals surface area contributed by atoms with E-state index >= 15 is 0 Å². The smallest absolute Gasteiger partial charge is 0.318 e. The first-order valence-corrected chi connectivity index (χ1v) is 11.2. The Morgan fingerprint density at radius 1 is 0.889 bits per heavy atom. The van der Waals surface area contributed by atoms with Crippen molar-refractivity contribution in [2.75, 3.05) is 30.5 Å². The molecule has 4 rings (SSSR count). The molecule has 2 aromatic carbocycles. The summed E-state index contributed by atoms with van der Waals surface area (Å²) in [4.78, 5) is 31.1. The van der Waals surface area contributed by atoms with Gasteiger partial charge in [-0.05, 0) is 54.5 Å². The summed E-state index contributed by atoms with van der Waals surface area (Å²) in [6.07, 6.45) is 4.07. The van der Waals surface area contributed by atoms with Gasteiger partial charge in [0.05, 0.1) is 6.04 Å². The Labute approximate surface area is 167 Å². The topological polar surface area (TPSA) is 52.7 Å². The van der Waals surface area contributed by atoms with Crippen LogP contribution in [0.15, 0.2) is 58.3 Å². The maximum absolute atomic E-state index is 13.1. The summed E-state index contributed by atoms with van der Waals surface area (Å²) in [6, 6.07) is 15.5. The van der Waals surface area contributed by atoms with Gasteiger partial charge in [-0.1, -0.05) is 12.1 Å². The molecule has 2 aliphatic rings. The molecule has 2 atom stereocenters. The summed E-state index contributed by atoms with van der Waals surface area (Å²) in [6.45, 7) is 1.15. The van der Waals surface area contributed by atoms with Crippen molar-refractivity contribution < 1.29 is 9.59 Å². The first-order chi connectivity index (χ1) is 13.1. The van der Waals surface area contributed by atoms with E-state index in [9.17, 15) is 9.59 Å². The number of hydrogen-bond acceptors (Lipinski definition) is 4. The fourth-order valence-electron chi connectivity index (χ4n) is 3.69. The lowest BCUT2D eigenvalue weighted by molar-refractivity contribution is -0.130. The number of benzene rings is 2. The van der Waals surface area contributed by atoms with Crippen LogP contribution in [-0.2, 0) is 4.79 Å². The number of anilines is 1. The summed E-state index contributed by atoms with van der Waals surface area (Å²) in [5.74, 6) is -0.0251. The highest BCUT2D eigenvalue weighted by molar-refractivity contribution is 7.98. The Balaban J connectivity index is 1.70. The molecule has 0 aromatic heterocycles. The van der Waals surface area contributed by atoms with Crippen molar-refractivity contribution in [3.63, 3.8) is 0 Å². The van der Waals surface area contributed by atoms with Gasteiger partial charge in [-0.3, -0.25) is 4.79 Å². The van der Waals surface area contributed by atoms with Gasteiger partial charge in [0.2, 0.25) is 0 Å². The first kappa shape index (κ1) is 18.3. The van der Waals surface area contributed by atoms with Gasteiger partial charge in [-0.25, -0.2) is 4.79 Å². The number of urea groups is 1. The molecule has 140 valence electrons. The maximum Gasteiger partial charge on any atom is 0.318 e. The number of carbonyl (C=O) groups excluding carboxylic acids is 2. The molecule has 7 heteroatoms. The van der Waals surface area contributed by atoms with Crippen LogP contribution in [0.1, 0.15) is 11.6 Å². The second kappa shape index (κ2) is 7.48. The summed E-state index contributed by atoms with van der Waals surface area (Å²) < 4.78 is 0. The molecular weight excluding hydrogens is 378 g/mol. The molecule has 2 fully saturated rings. The van der Waals surface area contributed by atoms with Gasteiger partial charge in [-0.2, -0.15) is 0 Å². The number of amides is 3. The lowest BCUT2D eigenvalue weighted by Gasteiger charge is -2.50. The predicted octanol–water partition coefficient (Wildman–Crippen LogP) is 3.61. The molecule has 0 spiro atoms. The van der Waals surface area contributed by atoms with Gasteiger partial charge in [0, 0.05) is 28.6 Å². The molecule has 2 unspecified atom stereocenters. The molecule has 5 nitrogen and oxygen atoms in total. The summed E-state index contributed by atoms with van der Waals surface area (Å²) in [5.41, 5.74) is 1.92. The Kier molecular flexibility index (Phi) is 5.06. The number of β-lactam (4-membered cyclic amide) rings is 1. The Morgan fingerprint density at radius 3 is 2.00 bits per heavy atom. The molecule has 0 saturated carbocycles. The molecule has 0 radical (unpaired) electrons. The highest BCUT2D eigenvalue weighted by atomic mass is 32.2. The van der Waals surface area contributed by atoms with E-state index < -0.39 is 6.04 Å². The minimum absolute atomic E-state index is 0.0251. The Morgan fingerprint density at radius 2 is 1.48 bits per heavy atom. The number of nitrogens with one attached hydrogen (secondary N) is 1. The van der Waals surface area contributed by atoms with Crippen molar-refractivity contribution >= 4 is 41.1 Å². The molecule has 2 aromatic rings. The van der Waals surface area contributed by atoms with Crippen LogP contribution >= 0.6 is 23.5 Å². The van der Waals surface area contributed by atoms with Crippen LogP contribution in [0.25, 0.3) is 0 Å². The monoisotopic (exact) mass is 399 g/mol. The zero-order chi connectivity index (χ0) is 19.0. The minimum atomic E-state index is -0.451. The number of carbonyl (C=O) groups is 2. The van der Waals surface area contributed by atoms with E-state index in [4.69, 9.17) is 0 Å². The number of hydrogen-bond donors (Lipinski definition) is 1. The zero-order valence-electron chi connectivity index (χ0n) is 15.2. The average Bonchev–Trinajstić information content (AvgIpc) is 3.12. The second-order valence-corrected chi connectivity index (χ2v) is 8.25. The third kappa shape index (κ3) is 3.19. The van der Waals surface area contributed by atoms with Crippen LogP contribution in [-0.4, -0.2) is 48.5 Å². The lowest BCUT2D eigenvalue weighted by atomic mass is 9.86. The fraction of sp³-hybridized carbons (Fsp3) is 0.300. The summed E-state index contributed by atoms with van der Waals surface area (Å²) >= 11 is 3.36. The molecule has 1 N–H and O–H groups in total. The van der Waals surface area contributed by atoms with Crippen molar-refractivity contribution in [3.05, 3.63) is 54.1 Å². The lowest BCUT2D eigenvalue weighted by Crippen LogP contribution is -2.66. The molecule has 27 heavy (non-hydrogen) atoms. The van der Waals surface area contributed by atoms with Crippen LogP contribution < -0.4 is 10.2 Å². The van der Waals surface area contributed by atoms with E-state index in [0.29, 0.717) is 13.1 Å². The maximum atomic E-state index is 13.1. The number of nitrogens with zero attached hydrogens (tertiary/aromatic N) is 2. The van der Waals surface area contributed by atoms with Crippen molar-refractivity contribution in [2.45, 2.75) is 21.9 Å². The van der Waals surface area contributed by atoms with Gasteiger partial charge < -0.3 is 15.1 Å². The van der Waals surface area contributed by atoms with E-state index in [1.165, 1.54) is 4.90 Å². The van der Waals surface area contributed by atoms with Crippen LogP contribution in [0.5, 0.6) is 0 Å². The van der Waals surface area contributed by atoms with Crippen molar-refractivity contribution in [3.8, 4) is 0 Å². The molecule has 0 bridgehead atoms. The van der Waals surface area contributed by atoms with Gasteiger partial charge >= 0.3 is 6.03 Å². The van der Waals surface area contributed by atoms with Gasteiger partial charge in [0.15, 0.2) is 0 Å². The third-order valence-electron chi connectivity index (χ3n) is 5.10. The van der Waals surface area contributed by atoms with Crippen molar-refractivity contribution in [1.82, 2.24) is 10.2 Å². The van der Waals surface area contributed by atoms with Crippen LogP contribution in [0, 0.1) is 0 Å². The van der Waals surface area contributed by atoms with Gasteiger partial charge in [-0.15, -0.1) is 23.5 Å².